The van der Waals surface area contributed by atoms with E-state index >= 15 is 0 Å². The van der Waals surface area contributed by atoms with Crippen molar-refractivity contribution in [3.8, 4) is 11.1 Å². The van der Waals surface area contributed by atoms with E-state index in [0.717, 1.165) is 17.1 Å². The highest BCUT2D eigenvalue weighted by Gasteiger charge is 2.35. The van der Waals surface area contributed by atoms with Crippen molar-refractivity contribution in [3.63, 3.8) is 0 Å². The second-order valence-corrected chi connectivity index (χ2v) is 10.3. The second-order valence-electron chi connectivity index (χ2n) is 10.3. The second kappa shape index (κ2) is 7.83. The molecule has 0 fully saturated rings. The highest BCUT2D eigenvalue weighted by Crippen LogP contribution is 2.50. The molecule has 0 aromatic heterocycles. The van der Waals surface area contributed by atoms with Crippen molar-refractivity contribution in [1.29, 1.82) is 0 Å². The van der Waals surface area contributed by atoms with Crippen LogP contribution >= 0.6 is 0 Å². The Balaban J connectivity index is 1.42. The summed E-state index contributed by atoms with van der Waals surface area (Å²) in [6, 6.07) is 46.3. The van der Waals surface area contributed by atoms with Gasteiger partial charge in [-0.3, -0.25) is 0 Å². The number of anilines is 3. The average molecular weight is 462 g/mol. The van der Waals surface area contributed by atoms with Crippen LogP contribution in [0.5, 0.6) is 0 Å². The highest BCUT2D eigenvalue weighted by atomic mass is 15.1. The lowest BCUT2D eigenvalue weighted by Crippen LogP contribution is -2.14. The molecule has 0 aliphatic heterocycles. The van der Waals surface area contributed by atoms with Crippen molar-refractivity contribution in [3.05, 3.63) is 139 Å². The molecule has 1 aliphatic carbocycles. The standard InChI is InChI=1S/C35H27N/c1-35(2)33-16-10-9-15-30(33)32-22-25-18-17-24-21-28(19-20-29(24)31(25)23-34(32)35)36(26-11-5-3-6-12-26)27-13-7-4-8-14-27/h3-23H,1-2H3. The SMILES string of the molecule is CC1(C)c2ccccc2-c2cc3ccc4cc(N(c5ccccc5)c5ccccc5)ccc4c3cc21. The molecule has 6 aromatic carbocycles. The number of fused-ring (bicyclic) bond motifs is 6. The van der Waals surface area contributed by atoms with Gasteiger partial charge in [0, 0.05) is 22.5 Å². The van der Waals surface area contributed by atoms with Gasteiger partial charge >= 0.3 is 0 Å². The molecule has 0 bridgehead atoms. The van der Waals surface area contributed by atoms with Crippen LogP contribution in [0.2, 0.25) is 0 Å². The molecule has 0 saturated carbocycles. The zero-order valence-corrected chi connectivity index (χ0v) is 20.6. The topological polar surface area (TPSA) is 3.24 Å². The van der Waals surface area contributed by atoms with Crippen molar-refractivity contribution in [2.75, 3.05) is 4.90 Å². The van der Waals surface area contributed by atoms with Crippen LogP contribution in [0.15, 0.2) is 127 Å². The van der Waals surface area contributed by atoms with Gasteiger partial charge in [0.1, 0.15) is 0 Å². The van der Waals surface area contributed by atoms with Crippen LogP contribution in [0, 0.1) is 0 Å². The van der Waals surface area contributed by atoms with Crippen molar-refractivity contribution < 1.29 is 0 Å². The fraction of sp³-hybridized carbons (Fsp3) is 0.0857. The first-order valence-corrected chi connectivity index (χ1v) is 12.6. The predicted molar refractivity (Wildman–Crippen MR) is 154 cm³/mol. The number of hydrogen-bond donors (Lipinski definition) is 0. The molecule has 6 aromatic rings. The van der Waals surface area contributed by atoms with Gasteiger partial charge in [-0.2, -0.15) is 0 Å². The first-order valence-electron chi connectivity index (χ1n) is 12.6. The molecule has 0 atom stereocenters. The van der Waals surface area contributed by atoms with Gasteiger partial charge in [0.05, 0.1) is 0 Å². The summed E-state index contributed by atoms with van der Waals surface area (Å²) in [6.07, 6.45) is 0. The lowest BCUT2D eigenvalue weighted by molar-refractivity contribution is 0.661. The summed E-state index contributed by atoms with van der Waals surface area (Å²) in [5.74, 6) is 0. The van der Waals surface area contributed by atoms with Gasteiger partial charge in [0.15, 0.2) is 0 Å². The molecule has 0 heterocycles. The number of para-hydroxylation sites is 2. The van der Waals surface area contributed by atoms with E-state index in [-0.39, 0.29) is 5.41 Å². The minimum absolute atomic E-state index is 0.000357. The monoisotopic (exact) mass is 461 g/mol. The maximum Gasteiger partial charge on any atom is 0.0468 e. The highest BCUT2D eigenvalue weighted by molar-refractivity contribution is 6.10. The maximum atomic E-state index is 2.44. The number of rotatable bonds is 3. The van der Waals surface area contributed by atoms with Crippen molar-refractivity contribution in [2.24, 2.45) is 0 Å². The van der Waals surface area contributed by atoms with Crippen molar-refractivity contribution in [1.82, 2.24) is 0 Å². The molecule has 36 heavy (non-hydrogen) atoms. The molecule has 1 nitrogen and oxygen atoms in total. The Kier molecular flexibility index (Phi) is 4.56. The van der Waals surface area contributed by atoms with Crippen LogP contribution in [-0.2, 0) is 5.41 Å². The molecule has 0 radical (unpaired) electrons. The third-order valence-electron chi connectivity index (χ3n) is 7.81. The molecule has 0 amide bonds. The lowest BCUT2D eigenvalue weighted by atomic mass is 9.81. The van der Waals surface area contributed by atoms with Crippen molar-refractivity contribution in [2.45, 2.75) is 19.3 Å². The minimum atomic E-state index is -0.000357. The Morgan fingerprint density at radius 2 is 1.06 bits per heavy atom. The fourth-order valence-electron chi connectivity index (χ4n) is 5.99. The first kappa shape index (κ1) is 21.0. The molecule has 172 valence electrons. The first-order chi connectivity index (χ1) is 17.6. The maximum absolute atomic E-state index is 2.44. The number of hydrogen-bond acceptors (Lipinski definition) is 1. The Morgan fingerprint density at radius 1 is 0.444 bits per heavy atom. The lowest BCUT2D eigenvalue weighted by Gasteiger charge is -2.26. The van der Waals surface area contributed by atoms with Gasteiger partial charge < -0.3 is 4.90 Å². The predicted octanol–water partition coefficient (Wildman–Crippen LogP) is 9.77. The average Bonchev–Trinajstić information content (AvgIpc) is 3.15. The Labute approximate surface area is 212 Å². The summed E-state index contributed by atoms with van der Waals surface area (Å²) < 4.78 is 0. The van der Waals surface area contributed by atoms with Crippen LogP contribution in [0.25, 0.3) is 32.7 Å². The van der Waals surface area contributed by atoms with Crippen LogP contribution in [0.3, 0.4) is 0 Å². The van der Waals surface area contributed by atoms with E-state index in [1.807, 2.05) is 0 Å². The fourth-order valence-corrected chi connectivity index (χ4v) is 5.99. The molecular formula is C35H27N. The Bertz CT molecular complexity index is 1710. The zero-order valence-electron chi connectivity index (χ0n) is 20.6. The van der Waals surface area contributed by atoms with Gasteiger partial charge in [-0.05, 0) is 92.3 Å². The molecule has 0 N–H and O–H groups in total. The van der Waals surface area contributed by atoms with E-state index in [9.17, 15) is 0 Å². The molecule has 1 aliphatic rings. The van der Waals surface area contributed by atoms with Gasteiger partial charge in [-0.1, -0.05) is 92.7 Å². The Hall–Kier alpha value is -4.36. The zero-order chi connectivity index (χ0) is 24.3. The van der Waals surface area contributed by atoms with E-state index in [2.05, 4.69) is 146 Å². The summed E-state index contributed by atoms with van der Waals surface area (Å²) in [7, 11) is 0. The Morgan fingerprint density at radius 3 is 1.75 bits per heavy atom. The van der Waals surface area contributed by atoms with Crippen molar-refractivity contribution >= 4 is 38.6 Å². The minimum Gasteiger partial charge on any atom is -0.310 e. The van der Waals surface area contributed by atoms with Crippen LogP contribution in [0.1, 0.15) is 25.0 Å². The van der Waals surface area contributed by atoms with Crippen LogP contribution < -0.4 is 4.90 Å². The van der Waals surface area contributed by atoms with Gasteiger partial charge in [0.25, 0.3) is 0 Å². The number of nitrogens with zero attached hydrogens (tertiary/aromatic N) is 1. The summed E-state index contributed by atoms with van der Waals surface area (Å²) >= 11 is 0. The van der Waals surface area contributed by atoms with Gasteiger partial charge in [0.2, 0.25) is 0 Å². The van der Waals surface area contributed by atoms with Crippen LogP contribution in [-0.4, -0.2) is 0 Å². The molecule has 0 spiro atoms. The van der Waals surface area contributed by atoms with Gasteiger partial charge in [-0.15, -0.1) is 0 Å². The molecule has 0 saturated heterocycles. The quantitative estimate of drug-likeness (QED) is 0.237. The van der Waals surface area contributed by atoms with E-state index in [4.69, 9.17) is 0 Å². The van der Waals surface area contributed by atoms with E-state index in [0.29, 0.717) is 0 Å². The smallest absolute Gasteiger partial charge is 0.0468 e. The summed E-state index contributed by atoms with van der Waals surface area (Å²) in [4.78, 5) is 2.33. The normalized spacial score (nSPS) is 13.5. The summed E-state index contributed by atoms with van der Waals surface area (Å²) in [5, 5.41) is 5.17. The van der Waals surface area contributed by atoms with E-state index in [1.54, 1.807) is 0 Å². The molecular weight excluding hydrogens is 434 g/mol. The number of benzene rings is 6. The van der Waals surface area contributed by atoms with E-state index in [1.165, 1.54) is 43.8 Å². The largest absolute Gasteiger partial charge is 0.310 e. The molecule has 0 unspecified atom stereocenters. The third-order valence-corrected chi connectivity index (χ3v) is 7.81. The third kappa shape index (κ3) is 3.09. The molecule has 1 heteroatoms. The summed E-state index contributed by atoms with van der Waals surface area (Å²) in [5.41, 5.74) is 9.05. The van der Waals surface area contributed by atoms with Gasteiger partial charge in [-0.25, -0.2) is 0 Å². The molecule has 7 rings (SSSR count). The summed E-state index contributed by atoms with van der Waals surface area (Å²) in [6.45, 7) is 4.70. The van der Waals surface area contributed by atoms with E-state index < -0.39 is 0 Å². The van der Waals surface area contributed by atoms with Crippen LogP contribution in [0.4, 0.5) is 17.1 Å².